The molecule has 2 heterocycles. The van der Waals surface area contributed by atoms with Crippen molar-refractivity contribution in [3.8, 4) is 0 Å². The van der Waals surface area contributed by atoms with E-state index in [4.69, 9.17) is 0 Å². The smallest absolute Gasteiger partial charge is 0.252 e. The third-order valence-corrected chi connectivity index (χ3v) is 14.7. The Morgan fingerprint density at radius 3 is 1.63 bits per heavy atom. The molecule has 0 radical (unpaired) electrons. The van der Waals surface area contributed by atoms with Crippen molar-refractivity contribution >= 4 is 68.6 Å². The average molecular weight is 812 g/mol. The van der Waals surface area contributed by atoms with E-state index in [-0.39, 0.29) is 23.0 Å². The van der Waals surface area contributed by atoms with E-state index in [1.165, 1.54) is 119 Å². The molecule has 0 saturated carbocycles. The molecule has 0 saturated heterocycles. The molecule has 3 nitrogen and oxygen atoms in total. The summed E-state index contributed by atoms with van der Waals surface area (Å²) in [6.07, 6.45) is 11.5. The average Bonchev–Trinajstić information content (AvgIpc) is 3.24. The third kappa shape index (κ3) is 6.30. The van der Waals surface area contributed by atoms with Crippen LogP contribution in [0.1, 0.15) is 113 Å². The van der Waals surface area contributed by atoms with Gasteiger partial charge in [0.15, 0.2) is 0 Å². The lowest BCUT2D eigenvalue weighted by Gasteiger charge is -2.48. The molecule has 10 rings (SSSR count). The molecule has 0 bridgehead atoms. The summed E-state index contributed by atoms with van der Waals surface area (Å²) < 4.78 is 0. The van der Waals surface area contributed by atoms with Crippen LogP contribution in [-0.2, 0) is 16.2 Å². The molecule has 0 N–H and O–H groups in total. The second kappa shape index (κ2) is 14.4. The first-order chi connectivity index (χ1) is 29.5. The van der Waals surface area contributed by atoms with Gasteiger partial charge in [-0.15, -0.1) is 0 Å². The number of anilines is 8. The van der Waals surface area contributed by atoms with Gasteiger partial charge in [-0.1, -0.05) is 127 Å². The lowest BCUT2D eigenvalue weighted by atomic mass is 9.33. The van der Waals surface area contributed by atoms with Crippen LogP contribution in [0.25, 0.3) is 0 Å². The van der Waals surface area contributed by atoms with E-state index in [9.17, 15) is 0 Å². The maximum absolute atomic E-state index is 2.68. The Balaban J connectivity index is 1.36. The van der Waals surface area contributed by atoms with Crippen LogP contribution in [0.3, 0.4) is 0 Å². The first-order valence-electron chi connectivity index (χ1n) is 23.0. The lowest BCUT2D eigenvalue weighted by Crippen LogP contribution is -2.62. The Kier molecular flexibility index (Phi) is 9.38. The highest BCUT2D eigenvalue weighted by molar-refractivity contribution is 7.00. The fourth-order valence-corrected chi connectivity index (χ4v) is 11.2. The predicted octanol–water partition coefficient (Wildman–Crippen LogP) is 14.0. The number of hydrogen-bond acceptors (Lipinski definition) is 3. The molecule has 6 aromatic rings. The molecule has 6 aromatic carbocycles. The van der Waals surface area contributed by atoms with Gasteiger partial charge < -0.3 is 14.7 Å². The minimum absolute atomic E-state index is 0.0272. The van der Waals surface area contributed by atoms with Crippen molar-refractivity contribution in [1.29, 1.82) is 0 Å². The van der Waals surface area contributed by atoms with Crippen molar-refractivity contribution < 1.29 is 0 Å². The highest BCUT2D eigenvalue weighted by Crippen LogP contribution is 2.52. The highest BCUT2D eigenvalue weighted by atomic mass is 15.2. The van der Waals surface area contributed by atoms with Crippen LogP contribution in [0.4, 0.5) is 45.5 Å². The summed E-state index contributed by atoms with van der Waals surface area (Å²) in [5.41, 5.74) is 24.9. The summed E-state index contributed by atoms with van der Waals surface area (Å²) in [6.45, 7) is 26.2. The minimum Gasteiger partial charge on any atom is -0.311 e. The molecule has 0 unspecified atom stereocenters. The number of aryl methyl sites for hydroxylation is 4. The second-order valence-corrected chi connectivity index (χ2v) is 21.0. The van der Waals surface area contributed by atoms with Gasteiger partial charge in [0.25, 0.3) is 6.71 Å². The number of para-hydroxylation sites is 3. The zero-order valence-electron chi connectivity index (χ0n) is 38.9. The van der Waals surface area contributed by atoms with E-state index in [2.05, 4.69) is 218 Å². The first kappa shape index (κ1) is 40.3. The predicted molar refractivity (Wildman–Crippen MR) is 268 cm³/mol. The van der Waals surface area contributed by atoms with Crippen LogP contribution in [0.15, 0.2) is 133 Å². The zero-order chi connectivity index (χ0) is 43.5. The molecule has 0 aromatic heterocycles. The number of rotatable bonds is 5. The Morgan fingerprint density at radius 2 is 1.10 bits per heavy atom. The van der Waals surface area contributed by atoms with Crippen LogP contribution < -0.4 is 31.1 Å². The zero-order valence-corrected chi connectivity index (χ0v) is 38.9. The first-order valence-corrected chi connectivity index (χ1v) is 23.0. The molecule has 0 fully saturated rings. The molecule has 4 aliphatic rings. The lowest BCUT2D eigenvalue weighted by molar-refractivity contribution is 0.332. The van der Waals surface area contributed by atoms with Crippen LogP contribution in [0, 0.1) is 27.7 Å². The van der Waals surface area contributed by atoms with Crippen LogP contribution in [0.2, 0.25) is 0 Å². The minimum atomic E-state index is -0.103. The molecule has 0 amide bonds. The molecule has 2 aliphatic carbocycles. The fourth-order valence-electron chi connectivity index (χ4n) is 11.2. The van der Waals surface area contributed by atoms with E-state index in [1.54, 1.807) is 0 Å². The summed E-state index contributed by atoms with van der Waals surface area (Å²) in [4.78, 5) is 7.80. The SMILES string of the molecule is Cc1cccc(C)c1N1c2cc(N(C3=CCCC=C3)c3ccccc3)ccc2B2c3cc4c(cc3N(c3c(C)cccc3C)c3cc(C(C)(C)C)cc1c32)C(C)(C)CCC4(C)C. The maximum atomic E-state index is 2.68. The van der Waals surface area contributed by atoms with E-state index in [0.29, 0.717) is 0 Å². The standard InChI is InChI=1S/C58H62BN3/c1-37-20-18-21-38(2)54(37)61-49-34-44(60(42-24-14-12-15-25-42)43-26-16-13-17-27-43)28-29-47(49)59-48-35-45-46(58(10,11)31-30-57(45,8)9)36-50(48)62(55-39(3)22-19-23-40(55)4)52-33-41(56(5,6)7)32-51(61)53(52)59/h12,14-16,18-29,32-36H,13,17,30-31H2,1-11H3. The van der Waals surface area contributed by atoms with E-state index in [0.717, 1.165) is 12.8 Å². The van der Waals surface area contributed by atoms with Crippen LogP contribution in [0.5, 0.6) is 0 Å². The van der Waals surface area contributed by atoms with Gasteiger partial charge in [-0.05, 0) is 173 Å². The summed E-state index contributed by atoms with van der Waals surface area (Å²) in [7, 11) is 0. The molecule has 0 spiro atoms. The van der Waals surface area contributed by atoms with E-state index >= 15 is 0 Å². The Labute approximate surface area is 371 Å². The van der Waals surface area contributed by atoms with Crippen LogP contribution in [-0.4, -0.2) is 6.71 Å². The summed E-state index contributed by atoms with van der Waals surface area (Å²) >= 11 is 0. The largest absolute Gasteiger partial charge is 0.311 e. The van der Waals surface area contributed by atoms with Crippen molar-refractivity contribution in [1.82, 2.24) is 0 Å². The summed E-state index contributed by atoms with van der Waals surface area (Å²) in [6, 6.07) is 42.3. The quantitative estimate of drug-likeness (QED) is 0.160. The molecule has 312 valence electrons. The fraction of sp³-hybridized carbons (Fsp3) is 0.310. The van der Waals surface area contributed by atoms with Crippen molar-refractivity contribution in [3.05, 3.63) is 172 Å². The van der Waals surface area contributed by atoms with E-state index < -0.39 is 0 Å². The number of nitrogens with zero attached hydrogens (tertiary/aromatic N) is 3. The molecular formula is C58H62BN3. The summed E-state index contributed by atoms with van der Waals surface area (Å²) in [5, 5.41) is 0. The van der Waals surface area contributed by atoms with Crippen LogP contribution >= 0.6 is 0 Å². The third-order valence-electron chi connectivity index (χ3n) is 14.7. The van der Waals surface area contributed by atoms with Crippen molar-refractivity contribution in [2.24, 2.45) is 0 Å². The van der Waals surface area contributed by atoms with Gasteiger partial charge in [-0.3, -0.25) is 0 Å². The molecular weight excluding hydrogens is 749 g/mol. The van der Waals surface area contributed by atoms with Gasteiger partial charge in [-0.2, -0.15) is 0 Å². The Morgan fingerprint density at radius 1 is 0.548 bits per heavy atom. The molecule has 4 heteroatoms. The number of allylic oxidation sites excluding steroid dienone is 3. The van der Waals surface area contributed by atoms with Crippen molar-refractivity contribution in [2.45, 2.75) is 118 Å². The van der Waals surface area contributed by atoms with Crippen molar-refractivity contribution in [3.63, 3.8) is 0 Å². The topological polar surface area (TPSA) is 9.72 Å². The number of hydrogen-bond donors (Lipinski definition) is 0. The molecule has 2 aliphatic heterocycles. The van der Waals surface area contributed by atoms with Gasteiger partial charge >= 0.3 is 0 Å². The normalized spacial score (nSPS) is 16.9. The van der Waals surface area contributed by atoms with E-state index in [1.807, 2.05) is 0 Å². The highest BCUT2D eigenvalue weighted by Gasteiger charge is 2.47. The van der Waals surface area contributed by atoms with Gasteiger partial charge in [0.2, 0.25) is 0 Å². The van der Waals surface area contributed by atoms with Gasteiger partial charge in [0.05, 0.1) is 11.4 Å². The number of fused-ring (bicyclic) bond motifs is 5. The van der Waals surface area contributed by atoms with Crippen molar-refractivity contribution in [2.75, 3.05) is 14.7 Å². The summed E-state index contributed by atoms with van der Waals surface area (Å²) in [5.74, 6) is 0. The Bertz CT molecular complexity index is 2810. The monoisotopic (exact) mass is 812 g/mol. The molecule has 62 heavy (non-hydrogen) atoms. The maximum Gasteiger partial charge on any atom is 0.252 e. The van der Waals surface area contributed by atoms with Gasteiger partial charge in [0.1, 0.15) is 0 Å². The number of benzene rings is 6. The second-order valence-electron chi connectivity index (χ2n) is 21.0. The Hall–Kier alpha value is -5.74. The van der Waals surface area contributed by atoms with Gasteiger partial charge in [-0.25, -0.2) is 0 Å². The van der Waals surface area contributed by atoms with Gasteiger partial charge in [0, 0.05) is 39.8 Å². The molecule has 0 atom stereocenters.